The average Bonchev–Trinajstić information content (AvgIpc) is 2.39. The van der Waals surface area contributed by atoms with E-state index in [1.54, 1.807) is 6.20 Å². The van der Waals surface area contributed by atoms with E-state index in [1.807, 2.05) is 0 Å². The van der Waals surface area contributed by atoms with E-state index < -0.39 is 0 Å². The number of anilines is 1. The molecule has 0 atom stereocenters. The van der Waals surface area contributed by atoms with E-state index in [0.717, 1.165) is 44.2 Å². The molecule has 1 aliphatic rings. The Morgan fingerprint density at radius 2 is 2.17 bits per heavy atom. The minimum atomic E-state index is 0.522. The normalized spacial score (nSPS) is 15.8. The van der Waals surface area contributed by atoms with Crippen LogP contribution < -0.4 is 10.2 Å². The van der Waals surface area contributed by atoms with Crippen molar-refractivity contribution < 1.29 is 0 Å². The van der Waals surface area contributed by atoms with Gasteiger partial charge in [-0.25, -0.2) is 9.97 Å². The molecule has 1 N–H and O–H groups in total. The van der Waals surface area contributed by atoms with Gasteiger partial charge in [-0.3, -0.25) is 0 Å². The number of aromatic nitrogens is 2. The number of nitriles is 1. The van der Waals surface area contributed by atoms with Crippen LogP contribution in [-0.2, 0) is 6.42 Å². The molecule has 0 amide bonds. The van der Waals surface area contributed by atoms with Gasteiger partial charge >= 0.3 is 0 Å². The summed E-state index contributed by atoms with van der Waals surface area (Å²) < 4.78 is 0. The molecule has 0 radical (unpaired) electrons. The van der Waals surface area contributed by atoms with Crippen LogP contribution in [0.5, 0.6) is 0 Å². The van der Waals surface area contributed by atoms with Crippen LogP contribution in [0.15, 0.2) is 6.20 Å². The lowest BCUT2D eigenvalue weighted by Gasteiger charge is -2.29. The molecule has 0 aliphatic carbocycles. The Bertz CT molecular complexity index is 443. The topological polar surface area (TPSA) is 64.8 Å². The first-order valence-electron chi connectivity index (χ1n) is 6.42. The van der Waals surface area contributed by atoms with Crippen molar-refractivity contribution in [1.29, 1.82) is 5.26 Å². The predicted octanol–water partition coefficient (Wildman–Crippen LogP) is 0.956. The first-order chi connectivity index (χ1) is 8.70. The van der Waals surface area contributed by atoms with Gasteiger partial charge in [0.2, 0.25) is 0 Å². The van der Waals surface area contributed by atoms with Crippen LogP contribution in [-0.4, -0.2) is 36.1 Å². The van der Waals surface area contributed by atoms with Gasteiger partial charge in [0, 0.05) is 32.6 Å². The highest BCUT2D eigenvalue weighted by atomic mass is 15.2. The average molecular weight is 245 g/mol. The van der Waals surface area contributed by atoms with Crippen LogP contribution in [0.1, 0.15) is 25.2 Å². The molecular formula is C13H19N5. The third-order valence-corrected chi connectivity index (χ3v) is 2.95. The number of nitrogens with one attached hydrogen (secondary N) is 1. The van der Waals surface area contributed by atoms with Gasteiger partial charge in [0.05, 0.1) is 6.20 Å². The van der Waals surface area contributed by atoms with Crippen molar-refractivity contribution in [3.63, 3.8) is 0 Å². The van der Waals surface area contributed by atoms with E-state index in [9.17, 15) is 0 Å². The molecule has 96 valence electrons. The highest BCUT2D eigenvalue weighted by molar-refractivity contribution is 5.53. The molecule has 1 aliphatic heterocycles. The van der Waals surface area contributed by atoms with Gasteiger partial charge in [-0.1, -0.05) is 13.8 Å². The van der Waals surface area contributed by atoms with Crippen LogP contribution in [0.2, 0.25) is 0 Å². The summed E-state index contributed by atoms with van der Waals surface area (Å²) in [6.07, 6.45) is 2.51. The zero-order valence-electron chi connectivity index (χ0n) is 11.0. The molecule has 0 spiro atoms. The Kier molecular flexibility index (Phi) is 4.11. The number of piperazine rings is 1. The number of nitrogens with zero attached hydrogens (tertiary/aromatic N) is 4. The van der Waals surface area contributed by atoms with E-state index in [4.69, 9.17) is 5.26 Å². The second kappa shape index (κ2) is 5.78. The molecule has 0 aromatic carbocycles. The maximum Gasteiger partial charge on any atom is 0.150 e. The molecule has 1 aromatic heterocycles. The number of hydrogen-bond donors (Lipinski definition) is 1. The first kappa shape index (κ1) is 12.8. The van der Waals surface area contributed by atoms with E-state index in [1.165, 1.54) is 0 Å². The van der Waals surface area contributed by atoms with Gasteiger partial charge < -0.3 is 10.2 Å². The lowest BCUT2D eigenvalue weighted by molar-refractivity contribution is 0.578. The van der Waals surface area contributed by atoms with Crippen molar-refractivity contribution in [3.05, 3.63) is 17.6 Å². The monoisotopic (exact) mass is 245 g/mol. The minimum Gasteiger partial charge on any atom is -0.353 e. The standard InChI is InChI=1S/C13H19N5/c1-10(2)7-12-16-9-11(8-14)13(17-12)18-5-3-15-4-6-18/h9-10,15H,3-7H2,1-2H3. The third kappa shape index (κ3) is 2.96. The van der Waals surface area contributed by atoms with E-state index in [0.29, 0.717) is 11.5 Å². The van der Waals surface area contributed by atoms with E-state index >= 15 is 0 Å². The van der Waals surface area contributed by atoms with Crippen molar-refractivity contribution in [2.75, 3.05) is 31.1 Å². The third-order valence-electron chi connectivity index (χ3n) is 2.95. The number of rotatable bonds is 3. The molecule has 1 saturated heterocycles. The fraction of sp³-hybridized carbons (Fsp3) is 0.615. The summed E-state index contributed by atoms with van der Waals surface area (Å²) in [5.74, 6) is 2.15. The van der Waals surface area contributed by atoms with E-state index in [-0.39, 0.29) is 0 Å². The summed E-state index contributed by atoms with van der Waals surface area (Å²) in [4.78, 5) is 11.0. The first-order valence-corrected chi connectivity index (χ1v) is 6.42. The summed E-state index contributed by atoms with van der Waals surface area (Å²) in [5.41, 5.74) is 0.574. The van der Waals surface area contributed by atoms with Gasteiger partial charge in [0.1, 0.15) is 23.3 Å². The maximum absolute atomic E-state index is 9.15. The van der Waals surface area contributed by atoms with Gasteiger partial charge in [0.15, 0.2) is 0 Å². The molecule has 1 aromatic rings. The maximum atomic E-state index is 9.15. The predicted molar refractivity (Wildman–Crippen MR) is 70.4 cm³/mol. The summed E-state index contributed by atoms with van der Waals surface area (Å²) in [6, 6.07) is 2.19. The summed E-state index contributed by atoms with van der Waals surface area (Å²) in [5, 5.41) is 12.5. The molecule has 1 fully saturated rings. The van der Waals surface area contributed by atoms with Crippen molar-refractivity contribution in [3.8, 4) is 6.07 Å². The van der Waals surface area contributed by atoms with Crippen molar-refractivity contribution in [2.24, 2.45) is 5.92 Å². The fourth-order valence-corrected chi connectivity index (χ4v) is 2.07. The molecular weight excluding hydrogens is 226 g/mol. The van der Waals surface area contributed by atoms with Crippen molar-refractivity contribution in [1.82, 2.24) is 15.3 Å². The quantitative estimate of drug-likeness (QED) is 0.859. The number of hydrogen-bond acceptors (Lipinski definition) is 5. The molecule has 0 unspecified atom stereocenters. The van der Waals surface area contributed by atoms with Crippen LogP contribution in [0.25, 0.3) is 0 Å². The molecule has 18 heavy (non-hydrogen) atoms. The lowest BCUT2D eigenvalue weighted by atomic mass is 10.1. The van der Waals surface area contributed by atoms with E-state index in [2.05, 4.69) is 40.1 Å². The Labute approximate surface area is 108 Å². The molecule has 5 nitrogen and oxygen atoms in total. The molecule has 0 bridgehead atoms. The van der Waals surface area contributed by atoms with Crippen LogP contribution in [0, 0.1) is 17.2 Å². The van der Waals surface area contributed by atoms with Crippen LogP contribution in [0.4, 0.5) is 5.82 Å². The lowest BCUT2D eigenvalue weighted by Crippen LogP contribution is -2.44. The molecule has 2 heterocycles. The zero-order chi connectivity index (χ0) is 13.0. The van der Waals surface area contributed by atoms with Crippen molar-refractivity contribution in [2.45, 2.75) is 20.3 Å². The van der Waals surface area contributed by atoms with Gasteiger partial charge in [-0.2, -0.15) is 5.26 Å². The van der Waals surface area contributed by atoms with Crippen LogP contribution >= 0.6 is 0 Å². The zero-order valence-corrected chi connectivity index (χ0v) is 11.0. The Hall–Kier alpha value is -1.67. The second-order valence-electron chi connectivity index (χ2n) is 4.97. The molecule has 5 heteroatoms. The summed E-state index contributed by atoms with van der Waals surface area (Å²) in [6.45, 7) is 7.96. The van der Waals surface area contributed by atoms with Gasteiger partial charge in [-0.15, -0.1) is 0 Å². The minimum absolute atomic E-state index is 0.522. The highest BCUT2D eigenvalue weighted by Crippen LogP contribution is 2.18. The summed E-state index contributed by atoms with van der Waals surface area (Å²) >= 11 is 0. The highest BCUT2D eigenvalue weighted by Gasteiger charge is 2.17. The smallest absolute Gasteiger partial charge is 0.150 e. The van der Waals surface area contributed by atoms with Gasteiger partial charge in [0.25, 0.3) is 0 Å². The SMILES string of the molecule is CC(C)Cc1ncc(C#N)c(N2CCNCC2)n1. The fourth-order valence-electron chi connectivity index (χ4n) is 2.07. The Balaban J connectivity index is 2.27. The molecule has 0 saturated carbocycles. The second-order valence-corrected chi connectivity index (χ2v) is 4.97. The Morgan fingerprint density at radius 1 is 1.44 bits per heavy atom. The Morgan fingerprint density at radius 3 is 2.78 bits per heavy atom. The van der Waals surface area contributed by atoms with Crippen molar-refractivity contribution >= 4 is 5.82 Å². The largest absolute Gasteiger partial charge is 0.353 e. The van der Waals surface area contributed by atoms with Gasteiger partial charge in [-0.05, 0) is 5.92 Å². The molecule has 2 rings (SSSR count). The summed E-state index contributed by atoms with van der Waals surface area (Å²) in [7, 11) is 0. The van der Waals surface area contributed by atoms with Crippen LogP contribution in [0.3, 0.4) is 0 Å².